The van der Waals surface area contributed by atoms with E-state index in [0.717, 1.165) is 17.0 Å². The van der Waals surface area contributed by atoms with E-state index in [4.69, 9.17) is 11.1 Å². The standard InChI is InChI=1S/C12H15F3N4O2/c1-6-4-8(21-12(13,14)15)5-7(2)9(6)19(10(16)17)11(20)18-3/h4-5H,1-3H3,(H3,16,17)(H,18,20). The first-order valence-corrected chi connectivity index (χ1v) is 5.79. The average Bonchev–Trinajstić information content (AvgIpc) is 2.30. The molecule has 116 valence electrons. The fraction of sp³-hybridized carbons (Fsp3) is 0.333. The summed E-state index contributed by atoms with van der Waals surface area (Å²) in [5, 5.41) is 9.75. The number of nitrogens with two attached hydrogens (primary N) is 1. The zero-order chi connectivity index (χ0) is 16.4. The molecule has 0 heterocycles. The monoisotopic (exact) mass is 304 g/mol. The molecular weight excluding hydrogens is 289 g/mol. The fourth-order valence-corrected chi connectivity index (χ4v) is 1.90. The van der Waals surface area contributed by atoms with Gasteiger partial charge in [-0.1, -0.05) is 0 Å². The molecular formula is C12H15F3N4O2. The van der Waals surface area contributed by atoms with Gasteiger partial charge >= 0.3 is 12.4 Å². The van der Waals surface area contributed by atoms with Gasteiger partial charge in [-0.25, -0.2) is 9.69 Å². The molecule has 2 amide bonds. The van der Waals surface area contributed by atoms with Crippen LogP contribution in [-0.4, -0.2) is 25.4 Å². The number of alkyl halides is 3. The van der Waals surface area contributed by atoms with Crippen molar-refractivity contribution in [3.63, 3.8) is 0 Å². The van der Waals surface area contributed by atoms with Crippen molar-refractivity contribution in [1.29, 1.82) is 5.41 Å². The van der Waals surface area contributed by atoms with Crippen LogP contribution in [-0.2, 0) is 0 Å². The molecule has 0 saturated carbocycles. The molecule has 0 aliphatic heterocycles. The topological polar surface area (TPSA) is 91.4 Å². The van der Waals surface area contributed by atoms with Crippen LogP contribution >= 0.6 is 0 Å². The second-order valence-corrected chi connectivity index (χ2v) is 4.23. The Bertz CT molecular complexity index is 549. The first-order valence-electron chi connectivity index (χ1n) is 5.79. The quantitative estimate of drug-likeness (QED) is 0.578. The molecule has 0 atom stereocenters. The Hall–Kier alpha value is -2.45. The van der Waals surface area contributed by atoms with E-state index in [2.05, 4.69) is 10.1 Å². The van der Waals surface area contributed by atoms with Gasteiger partial charge in [-0.3, -0.25) is 5.41 Å². The SMILES string of the molecule is CNC(=O)N(C(=N)N)c1c(C)cc(OC(F)(F)F)cc1C. The maximum Gasteiger partial charge on any atom is 0.573 e. The molecule has 1 aromatic rings. The van der Waals surface area contributed by atoms with Crippen LogP contribution < -0.4 is 20.7 Å². The highest BCUT2D eigenvalue weighted by Crippen LogP contribution is 2.32. The Labute approximate surface area is 119 Å². The number of carbonyl (C=O) groups excluding carboxylic acids is 1. The lowest BCUT2D eigenvalue weighted by atomic mass is 10.1. The Kier molecular flexibility index (Phi) is 4.66. The minimum Gasteiger partial charge on any atom is -0.406 e. The number of halogens is 3. The van der Waals surface area contributed by atoms with E-state index in [1.54, 1.807) is 0 Å². The van der Waals surface area contributed by atoms with Crippen LogP contribution in [0.1, 0.15) is 11.1 Å². The predicted octanol–water partition coefficient (Wildman–Crippen LogP) is 2.24. The molecule has 0 spiro atoms. The number of hydrogen-bond acceptors (Lipinski definition) is 3. The lowest BCUT2D eigenvalue weighted by Crippen LogP contribution is -2.46. The maximum absolute atomic E-state index is 12.2. The van der Waals surface area contributed by atoms with Gasteiger partial charge in [0.05, 0.1) is 5.69 Å². The second-order valence-electron chi connectivity index (χ2n) is 4.23. The number of benzene rings is 1. The van der Waals surface area contributed by atoms with Crippen molar-refractivity contribution in [2.75, 3.05) is 11.9 Å². The number of hydrogen-bond donors (Lipinski definition) is 3. The molecule has 0 unspecified atom stereocenters. The molecule has 9 heteroatoms. The molecule has 21 heavy (non-hydrogen) atoms. The molecule has 0 bridgehead atoms. The first-order chi connectivity index (χ1) is 9.56. The molecule has 0 radical (unpaired) electrons. The Morgan fingerprint density at radius 2 is 1.81 bits per heavy atom. The van der Waals surface area contributed by atoms with Crippen molar-refractivity contribution < 1.29 is 22.7 Å². The summed E-state index contributed by atoms with van der Waals surface area (Å²) < 4.78 is 40.5. The number of aryl methyl sites for hydroxylation is 2. The van der Waals surface area contributed by atoms with Gasteiger partial charge in [0.25, 0.3) is 0 Å². The lowest BCUT2D eigenvalue weighted by Gasteiger charge is -2.24. The number of anilines is 1. The minimum atomic E-state index is -4.80. The number of nitrogens with zero attached hydrogens (tertiary/aromatic N) is 1. The van der Waals surface area contributed by atoms with Gasteiger partial charge in [-0.05, 0) is 37.1 Å². The fourth-order valence-electron chi connectivity index (χ4n) is 1.90. The zero-order valence-corrected chi connectivity index (χ0v) is 11.6. The summed E-state index contributed by atoms with van der Waals surface area (Å²) in [6.45, 7) is 2.98. The van der Waals surface area contributed by atoms with E-state index < -0.39 is 24.1 Å². The number of guanidine groups is 1. The Morgan fingerprint density at radius 1 is 1.33 bits per heavy atom. The zero-order valence-electron chi connectivity index (χ0n) is 11.6. The van der Waals surface area contributed by atoms with Crippen LogP contribution in [0.2, 0.25) is 0 Å². The van der Waals surface area contributed by atoms with Gasteiger partial charge in [0.1, 0.15) is 5.75 Å². The highest BCUT2D eigenvalue weighted by molar-refractivity contribution is 6.14. The Balaban J connectivity index is 3.32. The number of amides is 2. The minimum absolute atomic E-state index is 0.233. The largest absolute Gasteiger partial charge is 0.573 e. The van der Waals surface area contributed by atoms with Gasteiger partial charge in [0, 0.05) is 7.05 Å². The molecule has 0 aliphatic rings. The van der Waals surface area contributed by atoms with Crippen molar-refractivity contribution in [1.82, 2.24) is 5.32 Å². The maximum atomic E-state index is 12.2. The van der Waals surface area contributed by atoms with E-state index >= 15 is 0 Å². The molecule has 0 aromatic heterocycles. The molecule has 0 saturated heterocycles. The van der Waals surface area contributed by atoms with Crippen molar-refractivity contribution in [3.05, 3.63) is 23.3 Å². The van der Waals surface area contributed by atoms with Gasteiger partial charge in [-0.15, -0.1) is 13.2 Å². The van der Waals surface area contributed by atoms with Gasteiger partial charge in [0.2, 0.25) is 5.96 Å². The molecule has 0 fully saturated rings. The molecule has 1 aromatic carbocycles. The van der Waals surface area contributed by atoms with E-state index in [1.807, 2.05) is 0 Å². The van der Waals surface area contributed by atoms with Crippen LogP contribution in [0.25, 0.3) is 0 Å². The number of urea groups is 1. The average molecular weight is 304 g/mol. The summed E-state index contributed by atoms with van der Waals surface area (Å²) in [6.07, 6.45) is -4.80. The van der Waals surface area contributed by atoms with Crippen LogP contribution in [0.4, 0.5) is 23.7 Å². The summed E-state index contributed by atoms with van der Waals surface area (Å²) >= 11 is 0. The second kappa shape index (κ2) is 5.90. The summed E-state index contributed by atoms with van der Waals surface area (Å²) in [7, 11) is 1.35. The van der Waals surface area contributed by atoms with Crippen LogP contribution in [0.3, 0.4) is 0 Å². The molecule has 0 aliphatic carbocycles. The molecule has 4 N–H and O–H groups in total. The summed E-state index contributed by atoms with van der Waals surface area (Å²) in [6, 6.07) is 1.57. The molecule has 6 nitrogen and oxygen atoms in total. The highest BCUT2D eigenvalue weighted by atomic mass is 19.4. The predicted molar refractivity (Wildman–Crippen MR) is 71.4 cm³/mol. The van der Waals surface area contributed by atoms with Crippen molar-refractivity contribution in [2.24, 2.45) is 5.73 Å². The first kappa shape index (κ1) is 16.6. The number of rotatable bonds is 2. The normalized spacial score (nSPS) is 11.0. The van der Waals surface area contributed by atoms with Gasteiger partial charge in [0.15, 0.2) is 0 Å². The van der Waals surface area contributed by atoms with Gasteiger partial charge in [-0.2, -0.15) is 0 Å². The van der Waals surface area contributed by atoms with Crippen molar-refractivity contribution in [2.45, 2.75) is 20.2 Å². The number of nitrogens with one attached hydrogen (secondary N) is 2. The summed E-state index contributed by atoms with van der Waals surface area (Å²) in [4.78, 5) is 12.6. The van der Waals surface area contributed by atoms with E-state index in [-0.39, 0.29) is 5.69 Å². The summed E-state index contributed by atoms with van der Waals surface area (Å²) in [5.74, 6) is -0.952. The van der Waals surface area contributed by atoms with E-state index in [0.29, 0.717) is 11.1 Å². The van der Waals surface area contributed by atoms with Crippen molar-refractivity contribution >= 4 is 17.7 Å². The van der Waals surface area contributed by atoms with Crippen LogP contribution in [0, 0.1) is 19.3 Å². The van der Waals surface area contributed by atoms with Crippen LogP contribution in [0.5, 0.6) is 5.75 Å². The number of carbonyl (C=O) groups is 1. The lowest BCUT2D eigenvalue weighted by molar-refractivity contribution is -0.274. The third-order valence-corrected chi connectivity index (χ3v) is 2.58. The number of ether oxygens (including phenoxy) is 1. The highest BCUT2D eigenvalue weighted by Gasteiger charge is 2.32. The van der Waals surface area contributed by atoms with E-state index in [1.165, 1.54) is 20.9 Å². The summed E-state index contributed by atoms with van der Waals surface area (Å²) in [5.41, 5.74) is 6.22. The van der Waals surface area contributed by atoms with Gasteiger partial charge < -0.3 is 15.8 Å². The smallest absolute Gasteiger partial charge is 0.406 e. The molecule has 1 rings (SSSR count). The third-order valence-electron chi connectivity index (χ3n) is 2.58. The van der Waals surface area contributed by atoms with Crippen molar-refractivity contribution in [3.8, 4) is 5.75 Å². The third kappa shape index (κ3) is 4.01. The Morgan fingerprint density at radius 3 is 2.14 bits per heavy atom. The van der Waals surface area contributed by atoms with Crippen LogP contribution in [0.15, 0.2) is 12.1 Å². The van der Waals surface area contributed by atoms with E-state index in [9.17, 15) is 18.0 Å².